The van der Waals surface area contributed by atoms with E-state index in [0.717, 1.165) is 27.9 Å². The average molecular weight is 321 g/mol. The lowest BCUT2D eigenvalue weighted by atomic mass is 10.00. The number of H-pyrrole nitrogens is 1. The third-order valence-corrected chi connectivity index (χ3v) is 4.23. The Morgan fingerprint density at radius 1 is 1.17 bits per heavy atom. The van der Waals surface area contributed by atoms with Crippen LogP contribution in [0.2, 0.25) is 0 Å². The molecule has 0 saturated carbocycles. The van der Waals surface area contributed by atoms with Gasteiger partial charge in [-0.15, -0.1) is 0 Å². The molecule has 3 aromatic rings. The number of hydrogen-bond acceptors (Lipinski definition) is 3. The molecule has 0 unspecified atom stereocenters. The molecule has 2 heterocycles. The molecule has 0 aliphatic carbocycles. The van der Waals surface area contributed by atoms with E-state index in [1.807, 2.05) is 49.5 Å². The van der Waals surface area contributed by atoms with Crippen molar-refractivity contribution in [3.8, 4) is 0 Å². The van der Waals surface area contributed by atoms with Gasteiger partial charge in [-0.1, -0.05) is 31.5 Å². The van der Waals surface area contributed by atoms with Crippen molar-refractivity contribution in [3.05, 3.63) is 75.8 Å². The molecule has 1 aromatic carbocycles. The molecule has 0 saturated heterocycles. The Labute approximate surface area is 142 Å². The number of hydrogen-bond donors (Lipinski definition) is 2. The highest BCUT2D eigenvalue weighted by molar-refractivity contribution is 5.79. The first-order valence-electron chi connectivity index (χ1n) is 8.31. The Morgan fingerprint density at radius 2 is 2.00 bits per heavy atom. The van der Waals surface area contributed by atoms with Crippen molar-refractivity contribution in [1.82, 2.24) is 15.3 Å². The largest absolute Gasteiger partial charge is 0.357 e. The molecule has 0 bridgehead atoms. The van der Waals surface area contributed by atoms with Gasteiger partial charge < -0.3 is 10.3 Å². The highest BCUT2D eigenvalue weighted by atomic mass is 16.1. The quantitative estimate of drug-likeness (QED) is 0.753. The van der Waals surface area contributed by atoms with E-state index >= 15 is 0 Å². The SMILES string of the molecule is Cc1ccc2[nH]c(CN[C@H](c3ccccn3)C(C)C)cc(=O)c2c1. The Hall–Kier alpha value is -2.46. The monoisotopic (exact) mass is 321 g/mol. The molecule has 1 atom stereocenters. The van der Waals surface area contributed by atoms with E-state index in [1.54, 1.807) is 6.07 Å². The number of aromatic amines is 1. The molecule has 2 aromatic heterocycles. The van der Waals surface area contributed by atoms with Crippen molar-refractivity contribution in [2.75, 3.05) is 0 Å². The number of aryl methyl sites for hydroxylation is 1. The van der Waals surface area contributed by atoms with Gasteiger partial charge in [0.05, 0.1) is 11.7 Å². The van der Waals surface area contributed by atoms with Gasteiger partial charge in [-0.3, -0.25) is 9.78 Å². The molecule has 4 nitrogen and oxygen atoms in total. The second-order valence-electron chi connectivity index (χ2n) is 6.57. The highest BCUT2D eigenvalue weighted by Gasteiger charge is 2.16. The predicted octanol–water partition coefficient (Wildman–Crippen LogP) is 3.72. The number of pyridine rings is 2. The molecule has 24 heavy (non-hydrogen) atoms. The van der Waals surface area contributed by atoms with Crippen molar-refractivity contribution in [3.63, 3.8) is 0 Å². The zero-order chi connectivity index (χ0) is 17.1. The summed E-state index contributed by atoms with van der Waals surface area (Å²) in [5, 5.41) is 4.26. The van der Waals surface area contributed by atoms with Crippen LogP contribution in [-0.4, -0.2) is 9.97 Å². The fourth-order valence-electron chi connectivity index (χ4n) is 2.97. The molecule has 0 spiro atoms. The van der Waals surface area contributed by atoms with Gasteiger partial charge in [-0.25, -0.2) is 0 Å². The number of nitrogens with one attached hydrogen (secondary N) is 2. The number of nitrogens with zero attached hydrogens (tertiary/aromatic N) is 1. The standard InChI is InChI=1S/C20H23N3O/c1-13(2)20(18-6-4-5-9-21-18)22-12-15-11-19(24)16-10-14(3)7-8-17(16)23-15/h4-11,13,20,22H,12H2,1-3H3,(H,23,24)/t20-/m0/s1. The number of fused-ring (bicyclic) bond motifs is 1. The Bertz CT molecular complexity index is 884. The van der Waals surface area contributed by atoms with Gasteiger partial charge in [0.15, 0.2) is 5.43 Å². The molecule has 0 aliphatic heterocycles. The van der Waals surface area contributed by atoms with Crippen LogP contribution in [-0.2, 0) is 6.54 Å². The minimum Gasteiger partial charge on any atom is -0.357 e. The summed E-state index contributed by atoms with van der Waals surface area (Å²) in [7, 11) is 0. The van der Waals surface area contributed by atoms with E-state index in [9.17, 15) is 4.79 Å². The minimum atomic E-state index is 0.0585. The molecule has 4 heteroatoms. The maximum atomic E-state index is 12.3. The zero-order valence-electron chi connectivity index (χ0n) is 14.3. The number of rotatable bonds is 5. The molecule has 0 radical (unpaired) electrons. The summed E-state index contributed by atoms with van der Waals surface area (Å²) in [5.41, 5.74) is 3.94. The van der Waals surface area contributed by atoms with Crippen LogP contribution in [0.4, 0.5) is 0 Å². The van der Waals surface area contributed by atoms with Crippen LogP contribution < -0.4 is 10.7 Å². The van der Waals surface area contributed by atoms with Gasteiger partial charge in [0, 0.05) is 35.4 Å². The molecule has 0 aliphatic rings. The van der Waals surface area contributed by atoms with Gasteiger partial charge >= 0.3 is 0 Å². The van der Waals surface area contributed by atoms with Gasteiger partial charge in [0.2, 0.25) is 0 Å². The zero-order valence-corrected chi connectivity index (χ0v) is 14.3. The van der Waals surface area contributed by atoms with Crippen LogP contribution in [0.25, 0.3) is 10.9 Å². The molecule has 3 rings (SSSR count). The summed E-state index contributed by atoms with van der Waals surface area (Å²) < 4.78 is 0. The Balaban J connectivity index is 1.84. The molecule has 2 N–H and O–H groups in total. The summed E-state index contributed by atoms with van der Waals surface area (Å²) in [4.78, 5) is 20.2. The van der Waals surface area contributed by atoms with Crippen molar-refractivity contribution in [1.29, 1.82) is 0 Å². The molecule has 124 valence electrons. The van der Waals surface area contributed by atoms with Crippen molar-refractivity contribution in [2.24, 2.45) is 5.92 Å². The van der Waals surface area contributed by atoms with E-state index < -0.39 is 0 Å². The van der Waals surface area contributed by atoms with E-state index in [0.29, 0.717) is 12.5 Å². The first kappa shape index (κ1) is 16.4. The predicted molar refractivity (Wildman–Crippen MR) is 98.0 cm³/mol. The van der Waals surface area contributed by atoms with E-state index in [2.05, 4.69) is 29.1 Å². The van der Waals surface area contributed by atoms with Crippen LogP contribution in [0, 0.1) is 12.8 Å². The fraction of sp³-hybridized carbons (Fsp3) is 0.300. The normalized spacial score (nSPS) is 12.7. The van der Waals surface area contributed by atoms with E-state index in [4.69, 9.17) is 0 Å². The summed E-state index contributed by atoms with van der Waals surface area (Å²) in [6, 6.07) is 13.7. The first-order valence-corrected chi connectivity index (χ1v) is 8.31. The second-order valence-corrected chi connectivity index (χ2v) is 6.57. The fourth-order valence-corrected chi connectivity index (χ4v) is 2.97. The summed E-state index contributed by atoms with van der Waals surface area (Å²) in [5.74, 6) is 0.398. The van der Waals surface area contributed by atoms with Crippen LogP contribution >= 0.6 is 0 Å². The van der Waals surface area contributed by atoms with Crippen molar-refractivity contribution >= 4 is 10.9 Å². The third-order valence-electron chi connectivity index (χ3n) is 4.23. The van der Waals surface area contributed by atoms with Gasteiger partial charge in [0.25, 0.3) is 0 Å². The van der Waals surface area contributed by atoms with Gasteiger partial charge in [0.1, 0.15) is 0 Å². The highest BCUT2D eigenvalue weighted by Crippen LogP contribution is 2.20. The van der Waals surface area contributed by atoms with Crippen LogP contribution in [0.3, 0.4) is 0 Å². The first-order chi connectivity index (χ1) is 11.5. The topological polar surface area (TPSA) is 57.8 Å². The molecular weight excluding hydrogens is 298 g/mol. The van der Waals surface area contributed by atoms with Crippen molar-refractivity contribution < 1.29 is 0 Å². The number of benzene rings is 1. The maximum Gasteiger partial charge on any atom is 0.189 e. The van der Waals surface area contributed by atoms with Gasteiger partial charge in [-0.2, -0.15) is 0 Å². The molecule has 0 fully saturated rings. The lowest BCUT2D eigenvalue weighted by Gasteiger charge is -2.22. The molecular formula is C20H23N3O. The Kier molecular flexibility index (Phi) is 4.76. The van der Waals surface area contributed by atoms with Crippen LogP contribution in [0.1, 0.15) is 36.8 Å². The third kappa shape index (κ3) is 3.54. The number of aromatic nitrogens is 2. The Morgan fingerprint density at radius 3 is 2.71 bits per heavy atom. The van der Waals surface area contributed by atoms with Gasteiger partial charge in [-0.05, 0) is 37.1 Å². The summed E-state index contributed by atoms with van der Waals surface area (Å²) in [6.07, 6.45) is 1.81. The minimum absolute atomic E-state index is 0.0585. The lowest BCUT2D eigenvalue weighted by Crippen LogP contribution is -2.27. The maximum absolute atomic E-state index is 12.3. The van der Waals surface area contributed by atoms with E-state index in [-0.39, 0.29) is 11.5 Å². The summed E-state index contributed by atoms with van der Waals surface area (Å²) >= 11 is 0. The van der Waals surface area contributed by atoms with Crippen molar-refractivity contribution in [2.45, 2.75) is 33.4 Å². The summed E-state index contributed by atoms with van der Waals surface area (Å²) in [6.45, 7) is 6.92. The smallest absolute Gasteiger partial charge is 0.189 e. The van der Waals surface area contributed by atoms with E-state index in [1.165, 1.54) is 0 Å². The average Bonchev–Trinajstić information content (AvgIpc) is 2.56. The van der Waals surface area contributed by atoms with Crippen LogP contribution in [0.5, 0.6) is 0 Å². The van der Waals surface area contributed by atoms with Crippen LogP contribution in [0.15, 0.2) is 53.5 Å². The lowest BCUT2D eigenvalue weighted by molar-refractivity contribution is 0.400. The molecule has 0 amide bonds. The second kappa shape index (κ2) is 6.97.